The Morgan fingerprint density at radius 3 is 2.82 bits per heavy atom. The molecule has 1 atom stereocenters. The minimum absolute atomic E-state index is 0.0367. The molecule has 0 saturated carbocycles. The van der Waals surface area contributed by atoms with Crippen LogP contribution in [-0.2, 0) is 11.2 Å². The van der Waals surface area contributed by atoms with E-state index in [-0.39, 0.29) is 18.2 Å². The van der Waals surface area contributed by atoms with Gasteiger partial charge in [0.1, 0.15) is 18.0 Å². The van der Waals surface area contributed by atoms with E-state index in [1.54, 1.807) is 12.4 Å². The molecule has 1 amide bonds. The lowest BCUT2D eigenvalue weighted by Gasteiger charge is -2.13. The first-order chi connectivity index (χ1) is 10.5. The Morgan fingerprint density at radius 2 is 2.14 bits per heavy atom. The topological polar surface area (TPSA) is 80.0 Å². The highest BCUT2D eigenvalue weighted by molar-refractivity contribution is 5.81. The van der Waals surface area contributed by atoms with Gasteiger partial charge >= 0.3 is 0 Å². The van der Waals surface area contributed by atoms with Crippen molar-refractivity contribution in [3.63, 3.8) is 0 Å². The van der Waals surface area contributed by atoms with Gasteiger partial charge in [-0.1, -0.05) is 18.2 Å². The summed E-state index contributed by atoms with van der Waals surface area (Å²) in [7, 11) is 0. The summed E-state index contributed by atoms with van der Waals surface area (Å²) in [5, 5.41) is 20.3. The summed E-state index contributed by atoms with van der Waals surface area (Å²) < 4.78 is 15.4. The molecule has 0 aliphatic carbocycles. The smallest absolute Gasteiger partial charge is 0.253 e. The fraction of sp³-hybridized carbons (Fsp3) is 0.400. The number of rotatable bonds is 6. The quantitative estimate of drug-likeness (QED) is 0.845. The predicted molar refractivity (Wildman–Crippen MR) is 78.5 cm³/mol. The summed E-state index contributed by atoms with van der Waals surface area (Å²) in [6, 6.07) is 5.89. The van der Waals surface area contributed by atoms with Gasteiger partial charge in [-0.3, -0.25) is 4.79 Å². The minimum atomic E-state index is -1.52. The van der Waals surface area contributed by atoms with Gasteiger partial charge < -0.3 is 15.0 Å². The molecule has 1 heterocycles. The third-order valence-corrected chi connectivity index (χ3v) is 3.30. The number of hydrogen-bond acceptors (Lipinski definition) is 4. The van der Waals surface area contributed by atoms with Gasteiger partial charge in [0.25, 0.3) is 5.91 Å². The Morgan fingerprint density at radius 1 is 1.41 bits per heavy atom. The number of aliphatic hydroxyl groups excluding tert-OH is 1. The summed E-state index contributed by atoms with van der Waals surface area (Å²) in [6.45, 7) is 4.30. The maximum atomic E-state index is 13.5. The van der Waals surface area contributed by atoms with Crippen LogP contribution in [0.3, 0.4) is 0 Å². The lowest BCUT2D eigenvalue weighted by Crippen LogP contribution is -2.31. The largest absolute Gasteiger partial charge is 0.378 e. The van der Waals surface area contributed by atoms with Crippen LogP contribution in [0.25, 0.3) is 0 Å². The molecule has 0 fully saturated rings. The molecule has 0 spiro atoms. The number of aliphatic hydroxyl groups is 1. The molecule has 0 radical (unpaired) electrons. The predicted octanol–water partition coefficient (Wildman–Crippen LogP) is 1.39. The number of halogens is 1. The molecule has 2 rings (SSSR count). The molecule has 0 aliphatic heterocycles. The van der Waals surface area contributed by atoms with Gasteiger partial charge in [-0.05, 0) is 19.9 Å². The molecule has 0 aliphatic rings. The maximum absolute atomic E-state index is 13.5. The summed E-state index contributed by atoms with van der Waals surface area (Å²) >= 11 is 0. The van der Waals surface area contributed by atoms with E-state index in [1.165, 1.54) is 18.2 Å². The number of carbonyl (C=O) groups excluding carboxylic acids is 1. The van der Waals surface area contributed by atoms with Crippen LogP contribution >= 0.6 is 0 Å². The number of nitrogens with zero attached hydrogens (tertiary/aromatic N) is 3. The van der Waals surface area contributed by atoms with Crippen molar-refractivity contribution in [2.75, 3.05) is 6.54 Å². The molecule has 2 N–H and O–H groups in total. The third kappa shape index (κ3) is 3.67. The number of nitrogens with one attached hydrogen (secondary N) is 1. The lowest BCUT2D eigenvalue weighted by atomic mass is 10.1. The van der Waals surface area contributed by atoms with Crippen molar-refractivity contribution in [2.45, 2.75) is 32.4 Å². The van der Waals surface area contributed by atoms with Gasteiger partial charge in [0.2, 0.25) is 0 Å². The van der Waals surface area contributed by atoms with E-state index in [1.807, 2.05) is 18.4 Å². The Hall–Kier alpha value is -2.28. The fourth-order valence-electron chi connectivity index (χ4n) is 2.11. The van der Waals surface area contributed by atoms with Crippen molar-refractivity contribution >= 4 is 5.91 Å². The molecule has 6 nitrogen and oxygen atoms in total. The monoisotopic (exact) mass is 306 g/mol. The van der Waals surface area contributed by atoms with Gasteiger partial charge in [-0.25, -0.2) is 4.39 Å². The van der Waals surface area contributed by atoms with E-state index in [0.29, 0.717) is 6.42 Å². The highest BCUT2D eigenvalue weighted by Gasteiger charge is 2.20. The van der Waals surface area contributed by atoms with Gasteiger partial charge in [0.05, 0.1) is 0 Å². The van der Waals surface area contributed by atoms with E-state index in [2.05, 4.69) is 15.5 Å². The first-order valence-corrected chi connectivity index (χ1v) is 7.09. The summed E-state index contributed by atoms with van der Waals surface area (Å²) in [4.78, 5) is 11.9. The Kier molecular flexibility index (Phi) is 5.21. The second kappa shape index (κ2) is 7.13. The molecule has 0 unspecified atom stereocenters. The number of amides is 1. The van der Waals surface area contributed by atoms with Crippen molar-refractivity contribution in [3.05, 3.63) is 47.8 Å². The van der Waals surface area contributed by atoms with Crippen molar-refractivity contribution in [1.29, 1.82) is 0 Å². The van der Waals surface area contributed by atoms with Crippen LogP contribution in [0.5, 0.6) is 0 Å². The van der Waals surface area contributed by atoms with E-state index < -0.39 is 17.8 Å². The standard InChI is InChI=1S/C15H19FN4O2/c1-10(2)20-9-18-19-13(20)7-8-17-15(22)14(21)11-5-3-4-6-12(11)16/h3-6,9-10,14,21H,7-8H2,1-2H3,(H,17,22)/t14-/m0/s1. The summed E-state index contributed by atoms with van der Waals surface area (Å²) in [6.07, 6.45) is 0.591. The normalized spacial score (nSPS) is 12.4. The summed E-state index contributed by atoms with van der Waals surface area (Å²) in [5.74, 6) is -0.499. The average molecular weight is 306 g/mol. The van der Waals surface area contributed by atoms with Crippen LogP contribution in [0.1, 0.15) is 37.4 Å². The molecule has 0 saturated heterocycles. The Labute approximate surface area is 128 Å². The zero-order chi connectivity index (χ0) is 16.1. The van der Waals surface area contributed by atoms with Crippen LogP contribution in [0, 0.1) is 5.82 Å². The van der Waals surface area contributed by atoms with Gasteiger partial charge in [0, 0.05) is 24.6 Å². The van der Waals surface area contributed by atoms with Gasteiger partial charge in [0.15, 0.2) is 6.10 Å². The zero-order valence-electron chi connectivity index (χ0n) is 12.5. The van der Waals surface area contributed by atoms with Crippen molar-refractivity contribution in [1.82, 2.24) is 20.1 Å². The van der Waals surface area contributed by atoms with Crippen molar-refractivity contribution in [3.8, 4) is 0 Å². The van der Waals surface area contributed by atoms with Crippen LogP contribution in [0.2, 0.25) is 0 Å². The van der Waals surface area contributed by atoms with Crippen LogP contribution in [0.4, 0.5) is 4.39 Å². The minimum Gasteiger partial charge on any atom is -0.378 e. The number of aromatic nitrogens is 3. The van der Waals surface area contributed by atoms with Gasteiger partial charge in [-0.2, -0.15) is 0 Å². The lowest BCUT2D eigenvalue weighted by molar-refractivity contribution is -0.129. The van der Waals surface area contributed by atoms with E-state index in [0.717, 1.165) is 5.82 Å². The number of carbonyl (C=O) groups is 1. The van der Waals surface area contributed by atoms with E-state index in [9.17, 15) is 14.3 Å². The molecule has 22 heavy (non-hydrogen) atoms. The summed E-state index contributed by atoms with van der Waals surface area (Å²) in [5.41, 5.74) is -0.0367. The molecule has 118 valence electrons. The second-order valence-corrected chi connectivity index (χ2v) is 5.21. The highest BCUT2D eigenvalue weighted by Crippen LogP contribution is 2.16. The second-order valence-electron chi connectivity index (χ2n) is 5.21. The molecule has 1 aromatic heterocycles. The van der Waals surface area contributed by atoms with Crippen molar-refractivity contribution < 1.29 is 14.3 Å². The van der Waals surface area contributed by atoms with E-state index in [4.69, 9.17) is 0 Å². The van der Waals surface area contributed by atoms with Crippen LogP contribution < -0.4 is 5.32 Å². The molecular weight excluding hydrogens is 287 g/mol. The molecule has 7 heteroatoms. The molecule has 0 bridgehead atoms. The zero-order valence-corrected chi connectivity index (χ0v) is 12.5. The molecule has 1 aromatic carbocycles. The van der Waals surface area contributed by atoms with Crippen LogP contribution in [0.15, 0.2) is 30.6 Å². The number of benzene rings is 1. The Bertz CT molecular complexity index is 642. The Balaban J connectivity index is 1.90. The third-order valence-electron chi connectivity index (χ3n) is 3.30. The first kappa shape index (κ1) is 16.1. The maximum Gasteiger partial charge on any atom is 0.253 e. The SMILES string of the molecule is CC(C)n1cnnc1CCNC(=O)[C@@H](O)c1ccccc1F. The highest BCUT2D eigenvalue weighted by atomic mass is 19.1. The van der Waals surface area contributed by atoms with Gasteiger partial charge in [-0.15, -0.1) is 10.2 Å². The number of hydrogen-bond donors (Lipinski definition) is 2. The van der Waals surface area contributed by atoms with E-state index >= 15 is 0 Å². The van der Waals surface area contributed by atoms with Crippen LogP contribution in [-0.4, -0.2) is 32.3 Å². The fourth-order valence-corrected chi connectivity index (χ4v) is 2.11. The first-order valence-electron chi connectivity index (χ1n) is 7.09. The van der Waals surface area contributed by atoms with Crippen molar-refractivity contribution in [2.24, 2.45) is 0 Å². The average Bonchev–Trinajstić information content (AvgIpc) is 2.95. The molecular formula is C15H19FN4O2. The molecule has 2 aromatic rings.